The highest BCUT2D eigenvalue weighted by molar-refractivity contribution is 5.96. The molecule has 3 aromatic carbocycles. The second-order valence-electron chi connectivity index (χ2n) is 9.78. The van der Waals surface area contributed by atoms with Crippen LogP contribution in [0.1, 0.15) is 47.2 Å². The summed E-state index contributed by atoms with van der Waals surface area (Å²) in [6.07, 6.45) is 0.831. The molecule has 1 aromatic heterocycles. The van der Waals surface area contributed by atoms with Gasteiger partial charge >= 0.3 is 6.18 Å². The van der Waals surface area contributed by atoms with Crippen LogP contribution in [0.3, 0.4) is 0 Å². The smallest absolute Gasteiger partial charge is 0.367 e. The molecule has 0 atom stereocenters. The van der Waals surface area contributed by atoms with Crippen molar-refractivity contribution in [1.82, 2.24) is 14.9 Å². The van der Waals surface area contributed by atoms with Crippen LogP contribution in [0.2, 0.25) is 0 Å². The van der Waals surface area contributed by atoms with Gasteiger partial charge in [-0.25, -0.2) is 9.97 Å². The van der Waals surface area contributed by atoms with Gasteiger partial charge in [-0.05, 0) is 72.7 Å². The number of halogens is 3. The Kier molecular flexibility index (Phi) is 5.82. The molecule has 2 fully saturated rings. The van der Waals surface area contributed by atoms with Crippen LogP contribution in [-0.2, 0) is 12.7 Å². The molecule has 0 saturated heterocycles. The SMILES string of the molecule is O=C(c1ccccc1C(F)(F)F)N(Cc1cccc(-c2ccc3ncnc(NC4CC4)c3c2)c1)C1CC1. The first-order chi connectivity index (χ1) is 17.9. The van der Waals surface area contributed by atoms with E-state index >= 15 is 0 Å². The van der Waals surface area contributed by atoms with E-state index in [1.807, 2.05) is 36.4 Å². The lowest BCUT2D eigenvalue weighted by Crippen LogP contribution is -2.34. The number of fused-ring (bicyclic) bond motifs is 1. The first-order valence-electron chi connectivity index (χ1n) is 12.4. The number of hydrogen-bond acceptors (Lipinski definition) is 4. The molecule has 2 aliphatic carbocycles. The molecule has 1 amide bonds. The third-order valence-electron chi connectivity index (χ3n) is 6.88. The molecule has 0 radical (unpaired) electrons. The van der Waals surface area contributed by atoms with Gasteiger partial charge in [0.15, 0.2) is 0 Å². The Morgan fingerprint density at radius 2 is 1.70 bits per heavy atom. The molecule has 1 heterocycles. The molecule has 4 aromatic rings. The largest absolute Gasteiger partial charge is 0.417 e. The molecule has 0 unspecified atom stereocenters. The Morgan fingerprint density at radius 3 is 2.46 bits per heavy atom. The molecule has 5 nitrogen and oxygen atoms in total. The zero-order valence-electron chi connectivity index (χ0n) is 20.0. The number of rotatable bonds is 7. The van der Waals surface area contributed by atoms with Crippen molar-refractivity contribution in [3.8, 4) is 11.1 Å². The summed E-state index contributed by atoms with van der Waals surface area (Å²) in [7, 11) is 0. The number of carbonyl (C=O) groups excluding carboxylic acids is 1. The topological polar surface area (TPSA) is 58.1 Å². The standard InChI is InChI=1S/C29H25F3N4O/c30-29(31,32)25-7-2-1-6-23(25)28(37)36(22-11-12-22)16-18-4-3-5-19(14-18)20-8-13-26-24(15-20)27(34-17-33-26)35-21-9-10-21/h1-8,13-15,17,21-22H,9-12,16H2,(H,33,34,35). The first kappa shape index (κ1) is 23.5. The number of amides is 1. The average Bonchev–Trinajstić information content (AvgIpc) is 3.82. The summed E-state index contributed by atoms with van der Waals surface area (Å²) in [6, 6.07) is 19.3. The van der Waals surface area contributed by atoms with Crippen molar-refractivity contribution in [3.05, 3.63) is 89.7 Å². The molecule has 0 bridgehead atoms. The number of alkyl halides is 3. The lowest BCUT2D eigenvalue weighted by molar-refractivity contribution is -0.138. The summed E-state index contributed by atoms with van der Waals surface area (Å²) in [5, 5.41) is 4.40. The summed E-state index contributed by atoms with van der Waals surface area (Å²) < 4.78 is 40.8. The van der Waals surface area contributed by atoms with E-state index in [0.717, 1.165) is 65.2 Å². The fraction of sp³-hybridized carbons (Fsp3) is 0.276. The van der Waals surface area contributed by atoms with Crippen LogP contribution in [0, 0.1) is 0 Å². The quantitative estimate of drug-likeness (QED) is 0.306. The van der Waals surface area contributed by atoms with Gasteiger partial charge in [-0.3, -0.25) is 4.79 Å². The van der Waals surface area contributed by atoms with Crippen molar-refractivity contribution in [3.63, 3.8) is 0 Å². The second kappa shape index (κ2) is 9.18. The second-order valence-corrected chi connectivity index (χ2v) is 9.78. The highest BCUT2D eigenvalue weighted by atomic mass is 19.4. The third kappa shape index (κ3) is 5.01. The van der Waals surface area contributed by atoms with Gasteiger partial charge in [0.2, 0.25) is 0 Å². The fourth-order valence-corrected chi connectivity index (χ4v) is 4.64. The van der Waals surface area contributed by atoms with Crippen LogP contribution >= 0.6 is 0 Å². The lowest BCUT2D eigenvalue weighted by atomic mass is 10.0. The van der Waals surface area contributed by atoms with Gasteiger partial charge in [-0.1, -0.05) is 36.4 Å². The summed E-state index contributed by atoms with van der Waals surface area (Å²) in [5.74, 6) is 0.235. The van der Waals surface area contributed by atoms with E-state index in [-0.39, 0.29) is 18.2 Å². The van der Waals surface area contributed by atoms with E-state index in [1.165, 1.54) is 18.2 Å². The van der Waals surface area contributed by atoms with E-state index in [0.29, 0.717) is 6.04 Å². The predicted molar refractivity (Wildman–Crippen MR) is 136 cm³/mol. The molecular weight excluding hydrogens is 477 g/mol. The molecule has 0 aliphatic heterocycles. The minimum Gasteiger partial charge on any atom is -0.367 e. The number of carbonyl (C=O) groups is 1. The van der Waals surface area contributed by atoms with Crippen LogP contribution in [0.25, 0.3) is 22.0 Å². The van der Waals surface area contributed by atoms with Crippen molar-refractivity contribution in [2.75, 3.05) is 5.32 Å². The number of benzene rings is 3. The van der Waals surface area contributed by atoms with Crippen molar-refractivity contribution in [2.45, 2.75) is 50.5 Å². The lowest BCUT2D eigenvalue weighted by Gasteiger charge is -2.24. The Bertz CT molecular complexity index is 1480. The van der Waals surface area contributed by atoms with E-state index in [1.54, 1.807) is 11.2 Å². The van der Waals surface area contributed by atoms with Gasteiger partial charge < -0.3 is 10.2 Å². The Hall–Kier alpha value is -3.94. The Morgan fingerprint density at radius 1 is 0.919 bits per heavy atom. The maximum absolute atomic E-state index is 13.6. The van der Waals surface area contributed by atoms with Gasteiger partial charge in [0.1, 0.15) is 12.1 Å². The van der Waals surface area contributed by atoms with E-state index in [4.69, 9.17) is 0 Å². The van der Waals surface area contributed by atoms with Crippen molar-refractivity contribution in [2.24, 2.45) is 0 Å². The third-order valence-corrected chi connectivity index (χ3v) is 6.88. The number of nitrogens with one attached hydrogen (secondary N) is 1. The predicted octanol–water partition coefficient (Wildman–Crippen LogP) is 6.69. The van der Waals surface area contributed by atoms with E-state index < -0.39 is 17.6 Å². The monoisotopic (exact) mass is 502 g/mol. The maximum atomic E-state index is 13.6. The molecule has 6 rings (SSSR count). The van der Waals surface area contributed by atoms with Crippen LogP contribution in [0.4, 0.5) is 19.0 Å². The molecule has 1 N–H and O–H groups in total. The van der Waals surface area contributed by atoms with Gasteiger partial charge in [0, 0.05) is 24.0 Å². The van der Waals surface area contributed by atoms with Crippen LogP contribution in [0.15, 0.2) is 73.1 Å². The van der Waals surface area contributed by atoms with Crippen molar-refractivity contribution >= 4 is 22.6 Å². The molecular formula is C29H25F3N4O. The molecule has 0 spiro atoms. The van der Waals surface area contributed by atoms with Gasteiger partial charge in [-0.15, -0.1) is 0 Å². The zero-order valence-corrected chi connectivity index (χ0v) is 20.0. The fourth-order valence-electron chi connectivity index (χ4n) is 4.64. The highest BCUT2D eigenvalue weighted by Gasteiger charge is 2.39. The maximum Gasteiger partial charge on any atom is 0.417 e. The summed E-state index contributed by atoms with van der Waals surface area (Å²) in [6.45, 7) is 0.245. The molecule has 8 heteroatoms. The van der Waals surface area contributed by atoms with Gasteiger partial charge in [-0.2, -0.15) is 13.2 Å². The van der Waals surface area contributed by atoms with Crippen molar-refractivity contribution < 1.29 is 18.0 Å². The number of anilines is 1. The summed E-state index contributed by atoms with van der Waals surface area (Å²) >= 11 is 0. The first-order valence-corrected chi connectivity index (χ1v) is 12.4. The van der Waals surface area contributed by atoms with Crippen LogP contribution in [-0.4, -0.2) is 32.9 Å². The highest BCUT2D eigenvalue weighted by Crippen LogP contribution is 2.36. The normalized spacial score (nSPS) is 15.5. The molecule has 2 aliphatic rings. The van der Waals surface area contributed by atoms with Crippen molar-refractivity contribution in [1.29, 1.82) is 0 Å². The Labute approximate surface area is 212 Å². The summed E-state index contributed by atoms with van der Waals surface area (Å²) in [4.78, 5) is 23.7. The Balaban J connectivity index is 1.30. The molecule has 37 heavy (non-hydrogen) atoms. The number of aromatic nitrogens is 2. The van der Waals surface area contributed by atoms with Crippen LogP contribution < -0.4 is 5.32 Å². The number of nitrogens with zero attached hydrogens (tertiary/aromatic N) is 3. The zero-order chi connectivity index (χ0) is 25.6. The minimum absolute atomic E-state index is 0.0497. The number of hydrogen-bond donors (Lipinski definition) is 1. The average molecular weight is 503 g/mol. The summed E-state index contributed by atoms with van der Waals surface area (Å²) in [5.41, 5.74) is 2.46. The molecule has 188 valence electrons. The van der Waals surface area contributed by atoms with Crippen LogP contribution in [0.5, 0.6) is 0 Å². The van der Waals surface area contributed by atoms with Gasteiger partial charge in [0.25, 0.3) is 5.91 Å². The van der Waals surface area contributed by atoms with E-state index in [9.17, 15) is 18.0 Å². The molecule has 2 saturated carbocycles. The van der Waals surface area contributed by atoms with E-state index in [2.05, 4.69) is 21.4 Å². The minimum atomic E-state index is -4.59. The van der Waals surface area contributed by atoms with Gasteiger partial charge in [0.05, 0.1) is 16.6 Å².